The summed E-state index contributed by atoms with van der Waals surface area (Å²) < 4.78 is 10.2. The molecule has 1 amide bonds. The van der Waals surface area contributed by atoms with Crippen molar-refractivity contribution in [3.05, 3.63) is 53.2 Å². The number of carbonyl (C=O) groups excluding carboxylic acids is 2. The van der Waals surface area contributed by atoms with Gasteiger partial charge in [-0.25, -0.2) is 9.78 Å². The van der Waals surface area contributed by atoms with Crippen molar-refractivity contribution in [3.63, 3.8) is 0 Å². The van der Waals surface area contributed by atoms with E-state index >= 15 is 0 Å². The highest BCUT2D eigenvalue weighted by Gasteiger charge is 2.12. The molecular weight excluding hydrogens is 324 g/mol. The Bertz CT molecular complexity index is 757. The molecule has 132 valence electrons. The minimum absolute atomic E-state index is 0.0580. The van der Waals surface area contributed by atoms with Crippen LogP contribution in [0.5, 0.6) is 5.75 Å². The molecule has 0 fully saturated rings. The van der Waals surface area contributed by atoms with Crippen LogP contribution in [0.15, 0.2) is 36.5 Å². The molecule has 2 aromatic rings. The van der Waals surface area contributed by atoms with Crippen molar-refractivity contribution in [3.8, 4) is 5.75 Å². The number of amides is 1. The first-order chi connectivity index (χ1) is 11.9. The molecule has 0 saturated carbocycles. The summed E-state index contributed by atoms with van der Waals surface area (Å²) in [6.07, 6.45) is 1.26. The van der Waals surface area contributed by atoms with E-state index in [2.05, 4.69) is 15.0 Å². The molecule has 2 rings (SSSR count). The van der Waals surface area contributed by atoms with E-state index in [0.717, 1.165) is 0 Å². The molecule has 0 aliphatic carbocycles. The third-order valence-electron chi connectivity index (χ3n) is 3.21. The molecule has 0 aliphatic rings. The fourth-order valence-corrected chi connectivity index (χ4v) is 2.12. The first-order valence-corrected chi connectivity index (χ1v) is 7.70. The van der Waals surface area contributed by atoms with Crippen LogP contribution in [0.1, 0.15) is 40.1 Å². The summed E-state index contributed by atoms with van der Waals surface area (Å²) in [6.45, 7) is 3.54. The van der Waals surface area contributed by atoms with E-state index in [-0.39, 0.29) is 18.3 Å². The van der Waals surface area contributed by atoms with E-state index < -0.39 is 11.9 Å². The molecule has 0 saturated heterocycles. The molecule has 0 bridgehead atoms. The number of rotatable bonds is 6. The third kappa shape index (κ3) is 5.02. The minimum Gasteiger partial charge on any atom is -0.491 e. The first kappa shape index (κ1) is 18.4. The van der Waals surface area contributed by atoms with E-state index in [1.165, 1.54) is 25.4 Å². The summed E-state index contributed by atoms with van der Waals surface area (Å²) in [5.74, 6) is -0.113. The second-order valence-corrected chi connectivity index (χ2v) is 5.57. The fourth-order valence-electron chi connectivity index (χ4n) is 2.12. The standard InChI is InChI=1S/C18H20N2O5/c1-11(2)25-15-7-12(10-21)6-14(8-15)17(22)20-16-5-4-13(9-19-16)18(23)24-3/h4-9,11,21H,10H2,1-3H3,(H,19,20,22). The number of aliphatic hydroxyl groups is 1. The second-order valence-electron chi connectivity index (χ2n) is 5.57. The summed E-state index contributed by atoms with van der Waals surface area (Å²) >= 11 is 0. The maximum Gasteiger partial charge on any atom is 0.339 e. The Hall–Kier alpha value is -2.93. The molecule has 7 nitrogen and oxygen atoms in total. The topological polar surface area (TPSA) is 97.8 Å². The highest BCUT2D eigenvalue weighted by molar-refractivity contribution is 6.04. The van der Waals surface area contributed by atoms with Crippen LogP contribution in [-0.4, -0.2) is 35.2 Å². The van der Waals surface area contributed by atoms with Gasteiger partial charge in [0.2, 0.25) is 0 Å². The molecule has 0 unspecified atom stereocenters. The quantitative estimate of drug-likeness (QED) is 0.781. The summed E-state index contributed by atoms with van der Waals surface area (Å²) in [5, 5.41) is 12.0. The molecule has 25 heavy (non-hydrogen) atoms. The van der Waals surface area contributed by atoms with Gasteiger partial charge >= 0.3 is 5.97 Å². The molecule has 0 aliphatic heterocycles. The number of carbonyl (C=O) groups is 2. The number of esters is 1. The monoisotopic (exact) mass is 344 g/mol. The largest absolute Gasteiger partial charge is 0.491 e. The number of anilines is 1. The van der Waals surface area contributed by atoms with Gasteiger partial charge in [-0.15, -0.1) is 0 Å². The van der Waals surface area contributed by atoms with Gasteiger partial charge in [-0.2, -0.15) is 0 Å². The Kier molecular flexibility index (Phi) is 6.08. The van der Waals surface area contributed by atoms with Crippen LogP contribution in [-0.2, 0) is 11.3 Å². The summed E-state index contributed by atoms with van der Waals surface area (Å²) in [6, 6.07) is 7.86. The lowest BCUT2D eigenvalue weighted by molar-refractivity contribution is 0.0600. The zero-order valence-electron chi connectivity index (χ0n) is 14.3. The Balaban J connectivity index is 2.18. The number of ether oxygens (including phenoxy) is 2. The number of nitrogens with one attached hydrogen (secondary N) is 1. The predicted molar refractivity (Wildman–Crippen MR) is 91.7 cm³/mol. The van der Waals surface area contributed by atoms with E-state index in [1.54, 1.807) is 18.2 Å². The molecule has 1 aromatic heterocycles. The maximum absolute atomic E-state index is 12.4. The summed E-state index contributed by atoms with van der Waals surface area (Å²) in [4.78, 5) is 27.8. The smallest absolute Gasteiger partial charge is 0.339 e. The minimum atomic E-state index is -0.503. The number of nitrogens with zero attached hydrogens (tertiary/aromatic N) is 1. The van der Waals surface area contributed by atoms with Gasteiger partial charge in [-0.05, 0) is 49.7 Å². The Morgan fingerprint density at radius 2 is 1.96 bits per heavy atom. The van der Waals surface area contributed by atoms with Gasteiger partial charge in [0, 0.05) is 11.8 Å². The highest BCUT2D eigenvalue weighted by Crippen LogP contribution is 2.20. The number of methoxy groups -OCH3 is 1. The molecule has 0 spiro atoms. The van der Waals surface area contributed by atoms with Crippen LogP contribution < -0.4 is 10.1 Å². The number of aromatic nitrogens is 1. The number of hydrogen-bond acceptors (Lipinski definition) is 6. The Labute approximate surface area is 145 Å². The normalized spacial score (nSPS) is 10.4. The van der Waals surface area contributed by atoms with Crippen molar-refractivity contribution in [2.75, 3.05) is 12.4 Å². The van der Waals surface area contributed by atoms with Gasteiger partial charge in [-0.1, -0.05) is 0 Å². The van der Waals surface area contributed by atoms with Gasteiger partial charge in [0.1, 0.15) is 11.6 Å². The maximum atomic E-state index is 12.4. The highest BCUT2D eigenvalue weighted by atomic mass is 16.5. The SMILES string of the molecule is COC(=O)c1ccc(NC(=O)c2cc(CO)cc(OC(C)C)c2)nc1. The van der Waals surface area contributed by atoms with Gasteiger partial charge in [0.05, 0.1) is 25.4 Å². The van der Waals surface area contributed by atoms with Crippen LogP contribution >= 0.6 is 0 Å². The average molecular weight is 344 g/mol. The number of pyridine rings is 1. The van der Waals surface area contributed by atoms with Crippen LogP contribution in [0.3, 0.4) is 0 Å². The lowest BCUT2D eigenvalue weighted by Crippen LogP contribution is -2.14. The van der Waals surface area contributed by atoms with Gasteiger partial charge in [0.15, 0.2) is 0 Å². The van der Waals surface area contributed by atoms with E-state index in [9.17, 15) is 14.7 Å². The summed E-state index contributed by atoms with van der Waals surface area (Å²) in [5.41, 5.74) is 1.19. The van der Waals surface area contributed by atoms with E-state index in [0.29, 0.717) is 22.7 Å². The summed E-state index contributed by atoms with van der Waals surface area (Å²) in [7, 11) is 1.28. The van der Waals surface area contributed by atoms with Gasteiger partial charge in [-0.3, -0.25) is 4.79 Å². The number of hydrogen-bond donors (Lipinski definition) is 2. The van der Waals surface area contributed by atoms with Crippen molar-refractivity contribution < 1.29 is 24.2 Å². The number of aliphatic hydroxyl groups excluding tert-OH is 1. The molecule has 0 radical (unpaired) electrons. The van der Waals surface area contributed by atoms with Crippen LogP contribution in [0.25, 0.3) is 0 Å². The number of benzene rings is 1. The molecule has 0 atom stereocenters. The first-order valence-electron chi connectivity index (χ1n) is 7.70. The average Bonchev–Trinajstić information content (AvgIpc) is 2.60. The lowest BCUT2D eigenvalue weighted by atomic mass is 10.1. The van der Waals surface area contributed by atoms with Crippen molar-refractivity contribution in [1.29, 1.82) is 0 Å². The van der Waals surface area contributed by atoms with E-state index in [4.69, 9.17) is 4.74 Å². The molecule has 7 heteroatoms. The Morgan fingerprint density at radius 3 is 2.52 bits per heavy atom. The van der Waals surface area contributed by atoms with Crippen LogP contribution in [0.4, 0.5) is 5.82 Å². The van der Waals surface area contributed by atoms with Crippen molar-refractivity contribution in [2.45, 2.75) is 26.6 Å². The van der Waals surface area contributed by atoms with Gasteiger partial charge in [0.25, 0.3) is 5.91 Å². The molecular formula is C18H20N2O5. The van der Waals surface area contributed by atoms with Crippen LogP contribution in [0.2, 0.25) is 0 Å². The lowest BCUT2D eigenvalue weighted by Gasteiger charge is -2.13. The molecule has 2 N–H and O–H groups in total. The van der Waals surface area contributed by atoms with Gasteiger partial charge < -0.3 is 19.9 Å². The van der Waals surface area contributed by atoms with E-state index in [1.807, 2.05) is 13.8 Å². The Morgan fingerprint density at radius 1 is 1.20 bits per heavy atom. The third-order valence-corrected chi connectivity index (χ3v) is 3.21. The second kappa shape index (κ2) is 8.25. The zero-order chi connectivity index (χ0) is 18.4. The zero-order valence-corrected chi connectivity index (χ0v) is 14.3. The molecule has 1 aromatic carbocycles. The van der Waals surface area contributed by atoms with Crippen LogP contribution in [0, 0.1) is 0 Å². The predicted octanol–water partition coefficient (Wildman–Crippen LogP) is 2.40. The van der Waals surface area contributed by atoms with Crippen molar-refractivity contribution >= 4 is 17.7 Å². The van der Waals surface area contributed by atoms with Crippen molar-refractivity contribution in [1.82, 2.24) is 4.98 Å². The molecule has 1 heterocycles. The fraction of sp³-hybridized carbons (Fsp3) is 0.278. The van der Waals surface area contributed by atoms with Crippen molar-refractivity contribution in [2.24, 2.45) is 0 Å².